The number of ether oxygens (including phenoxy) is 1. The van der Waals surface area contributed by atoms with Crippen LogP contribution < -0.4 is 4.72 Å². The lowest BCUT2D eigenvalue weighted by atomic mass is 9.93. The highest BCUT2D eigenvalue weighted by molar-refractivity contribution is 7.90. The Labute approximate surface area is 202 Å². The smallest absolute Gasteiger partial charge is 0.378 e. The summed E-state index contributed by atoms with van der Waals surface area (Å²) in [5.74, 6) is 0. The van der Waals surface area contributed by atoms with Crippen LogP contribution in [0.4, 0.5) is 18.9 Å². The first-order chi connectivity index (χ1) is 16.0. The van der Waals surface area contributed by atoms with E-state index in [-0.39, 0.29) is 17.8 Å². The van der Waals surface area contributed by atoms with Gasteiger partial charge in [-0.1, -0.05) is 18.9 Å². The predicted octanol–water partition coefficient (Wildman–Crippen LogP) is 5.30. The van der Waals surface area contributed by atoms with E-state index in [1.165, 1.54) is 17.8 Å². The molecule has 1 aliphatic rings. The summed E-state index contributed by atoms with van der Waals surface area (Å²) >= 11 is 0. The van der Waals surface area contributed by atoms with Crippen molar-refractivity contribution in [2.45, 2.75) is 69.7 Å². The van der Waals surface area contributed by atoms with E-state index in [2.05, 4.69) is 23.2 Å². The molecule has 1 aliphatic carbocycles. The molecule has 0 saturated heterocycles. The summed E-state index contributed by atoms with van der Waals surface area (Å²) in [5, 5.41) is 0. The summed E-state index contributed by atoms with van der Waals surface area (Å²) in [6.07, 6.45) is 5.04. The van der Waals surface area contributed by atoms with Crippen LogP contribution in [-0.2, 0) is 21.1 Å². The van der Waals surface area contributed by atoms with Crippen molar-refractivity contribution in [2.75, 3.05) is 38.5 Å². The minimum absolute atomic E-state index is 0.101. The molecule has 194 valence electrons. The topological polar surface area (TPSA) is 61.9 Å². The zero-order chi connectivity index (χ0) is 25.2. The molecule has 0 bridgehead atoms. The summed E-state index contributed by atoms with van der Waals surface area (Å²) in [4.78, 5) is 2.25. The summed E-state index contributed by atoms with van der Waals surface area (Å²) in [6.45, 7) is 6.45. The van der Waals surface area contributed by atoms with Gasteiger partial charge in [0.15, 0.2) is 0 Å². The van der Waals surface area contributed by atoms with Crippen LogP contribution in [0.3, 0.4) is 0 Å². The quantitative estimate of drug-likeness (QED) is 0.275. The highest BCUT2D eigenvalue weighted by atomic mass is 32.2. The number of benzene rings is 1. The Morgan fingerprint density at radius 3 is 2.26 bits per heavy atom. The molecule has 1 saturated carbocycles. The van der Waals surface area contributed by atoms with Gasteiger partial charge in [0, 0.05) is 31.9 Å². The molecule has 1 aromatic rings. The van der Waals surface area contributed by atoms with Crippen molar-refractivity contribution in [1.29, 1.82) is 0 Å². The molecule has 2 rings (SSSR count). The molecule has 34 heavy (non-hydrogen) atoms. The first kappa shape index (κ1) is 28.6. The Morgan fingerprint density at radius 1 is 1.06 bits per heavy atom. The SMILES string of the molecule is C=CCN(C)CCCCCCOC1CCC(N(C)S(=O)(=O)Nc2ccc(C(F)(F)F)cc2)CC1. The van der Waals surface area contributed by atoms with Crippen LogP contribution in [0.5, 0.6) is 0 Å². The van der Waals surface area contributed by atoms with Gasteiger partial charge >= 0.3 is 16.4 Å². The van der Waals surface area contributed by atoms with Gasteiger partial charge in [-0.2, -0.15) is 25.9 Å². The maximum absolute atomic E-state index is 12.7. The summed E-state index contributed by atoms with van der Waals surface area (Å²) in [5.41, 5.74) is -0.720. The second kappa shape index (κ2) is 13.5. The lowest BCUT2D eigenvalue weighted by molar-refractivity contribution is -0.137. The van der Waals surface area contributed by atoms with Crippen molar-refractivity contribution in [3.8, 4) is 0 Å². The summed E-state index contributed by atoms with van der Waals surface area (Å²) in [7, 11) is -0.270. The fourth-order valence-corrected chi connectivity index (χ4v) is 5.30. The molecule has 1 N–H and O–H groups in total. The molecule has 10 heteroatoms. The number of nitrogens with zero attached hydrogens (tertiary/aromatic N) is 2. The molecule has 0 heterocycles. The Balaban J connectivity index is 1.67. The van der Waals surface area contributed by atoms with Crippen LogP contribution in [0.2, 0.25) is 0 Å². The fraction of sp³-hybridized carbons (Fsp3) is 0.667. The molecule has 1 aromatic carbocycles. The van der Waals surface area contributed by atoms with Gasteiger partial charge < -0.3 is 9.64 Å². The standard InChI is InChI=1S/C24H38F3N3O3S/c1-4-17-29(2)18-7-5-6-8-19-33-23-15-13-22(14-16-23)30(3)34(31,32)28-21-11-9-20(10-12-21)24(25,26)27/h4,9-12,22-23,28H,1,5-8,13-19H2,2-3H3. The highest BCUT2D eigenvalue weighted by Gasteiger charge is 2.32. The van der Waals surface area contributed by atoms with Crippen LogP contribution >= 0.6 is 0 Å². The van der Waals surface area contributed by atoms with Crippen LogP contribution in [-0.4, -0.2) is 63.6 Å². The third-order valence-electron chi connectivity index (χ3n) is 6.22. The molecule has 1 fully saturated rings. The molecule has 0 aromatic heterocycles. The van der Waals surface area contributed by atoms with E-state index in [0.29, 0.717) is 12.8 Å². The van der Waals surface area contributed by atoms with E-state index in [1.807, 2.05) is 6.08 Å². The first-order valence-corrected chi connectivity index (χ1v) is 13.3. The second-order valence-corrected chi connectivity index (χ2v) is 10.7. The average Bonchev–Trinajstić information content (AvgIpc) is 2.78. The maximum Gasteiger partial charge on any atom is 0.416 e. The van der Waals surface area contributed by atoms with E-state index in [4.69, 9.17) is 4.74 Å². The van der Waals surface area contributed by atoms with E-state index in [0.717, 1.165) is 76.1 Å². The predicted molar refractivity (Wildman–Crippen MR) is 130 cm³/mol. The molecule has 0 aliphatic heterocycles. The van der Waals surface area contributed by atoms with Gasteiger partial charge in [-0.05, 0) is 76.4 Å². The third kappa shape index (κ3) is 9.56. The van der Waals surface area contributed by atoms with Crippen molar-refractivity contribution in [3.63, 3.8) is 0 Å². The van der Waals surface area contributed by atoms with Crippen molar-refractivity contribution < 1.29 is 26.3 Å². The number of anilines is 1. The fourth-order valence-electron chi connectivity index (χ4n) is 4.12. The Hall–Kier alpha value is -1.62. The van der Waals surface area contributed by atoms with Gasteiger partial charge in [0.1, 0.15) is 0 Å². The van der Waals surface area contributed by atoms with Crippen LogP contribution in [0.15, 0.2) is 36.9 Å². The first-order valence-electron chi connectivity index (χ1n) is 11.9. The monoisotopic (exact) mass is 505 g/mol. The number of likely N-dealkylation sites (N-methyl/N-ethyl adjacent to an activating group) is 1. The minimum Gasteiger partial charge on any atom is -0.378 e. The number of alkyl halides is 3. The zero-order valence-electron chi connectivity index (χ0n) is 20.2. The third-order valence-corrected chi connectivity index (χ3v) is 7.77. The maximum atomic E-state index is 12.7. The van der Waals surface area contributed by atoms with Crippen molar-refractivity contribution in [1.82, 2.24) is 9.21 Å². The Kier molecular flexibility index (Phi) is 11.3. The van der Waals surface area contributed by atoms with Gasteiger partial charge in [-0.25, -0.2) is 0 Å². The van der Waals surface area contributed by atoms with Crippen molar-refractivity contribution in [2.24, 2.45) is 0 Å². The molecule has 6 nitrogen and oxygen atoms in total. The van der Waals surface area contributed by atoms with Gasteiger partial charge in [-0.15, -0.1) is 6.58 Å². The van der Waals surface area contributed by atoms with Gasteiger partial charge in [0.2, 0.25) is 0 Å². The molecular formula is C24H38F3N3O3S. The average molecular weight is 506 g/mol. The Bertz CT molecular complexity index is 839. The van der Waals surface area contributed by atoms with Crippen molar-refractivity contribution >= 4 is 15.9 Å². The number of halogens is 3. The van der Waals surface area contributed by atoms with Gasteiger partial charge in [0.25, 0.3) is 0 Å². The van der Waals surface area contributed by atoms with E-state index in [1.54, 1.807) is 0 Å². The summed E-state index contributed by atoms with van der Waals surface area (Å²) < 4.78 is 73.1. The lowest BCUT2D eigenvalue weighted by Gasteiger charge is -2.34. The minimum atomic E-state index is -4.46. The Morgan fingerprint density at radius 2 is 1.68 bits per heavy atom. The molecular weight excluding hydrogens is 467 g/mol. The second-order valence-electron chi connectivity index (χ2n) is 8.96. The molecule has 0 spiro atoms. The number of unbranched alkanes of at least 4 members (excludes halogenated alkanes) is 3. The molecule has 0 radical (unpaired) electrons. The van der Waals surface area contributed by atoms with Crippen LogP contribution in [0.1, 0.15) is 56.9 Å². The van der Waals surface area contributed by atoms with Crippen LogP contribution in [0, 0.1) is 0 Å². The number of rotatable bonds is 14. The molecule has 0 atom stereocenters. The molecule has 0 unspecified atom stereocenters. The van der Waals surface area contributed by atoms with Gasteiger partial charge in [0.05, 0.1) is 11.7 Å². The molecule has 0 amide bonds. The number of nitrogens with one attached hydrogen (secondary N) is 1. The van der Waals surface area contributed by atoms with Gasteiger partial charge in [-0.3, -0.25) is 4.72 Å². The lowest BCUT2D eigenvalue weighted by Crippen LogP contribution is -2.43. The normalized spacial score (nSPS) is 19.5. The highest BCUT2D eigenvalue weighted by Crippen LogP contribution is 2.31. The van der Waals surface area contributed by atoms with E-state index >= 15 is 0 Å². The number of hydrogen-bond donors (Lipinski definition) is 1. The number of hydrogen-bond acceptors (Lipinski definition) is 4. The van der Waals surface area contributed by atoms with Crippen LogP contribution in [0.25, 0.3) is 0 Å². The van der Waals surface area contributed by atoms with E-state index < -0.39 is 21.9 Å². The largest absolute Gasteiger partial charge is 0.416 e. The van der Waals surface area contributed by atoms with Crippen molar-refractivity contribution in [3.05, 3.63) is 42.5 Å². The zero-order valence-corrected chi connectivity index (χ0v) is 21.0. The summed E-state index contributed by atoms with van der Waals surface area (Å²) in [6, 6.07) is 3.81. The van der Waals surface area contributed by atoms with E-state index in [9.17, 15) is 21.6 Å².